The lowest BCUT2D eigenvalue weighted by Crippen LogP contribution is -2.18. The van der Waals surface area contributed by atoms with Crippen molar-refractivity contribution in [1.29, 1.82) is 0 Å². The van der Waals surface area contributed by atoms with Crippen LogP contribution < -0.4 is 5.32 Å². The van der Waals surface area contributed by atoms with Gasteiger partial charge in [-0.3, -0.25) is 14.4 Å². The lowest BCUT2D eigenvalue weighted by atomic mass is 10.0. The van der Waals surface area contributed by atoms with Crippen molar-refractivity contribution >= 4 is 46.7 Å². The van der Waals surface area contributed by atoms with Crippen molar-refractivity contribution in [2.24, 2.45) is 0 Å². The Morgan fingerprint density at radius 2 is 1.80 bits per heavy atom. The molecular formula is C18H16ClNO4S. The van der Waals surface area contributed by atoms with Crippen LogP contribution in [0.25, 0.3) is 0 Å². The Labute approximate surface area is 154 Å². The summed E-state index contributed by atoms with van der Waals surface area (Å²) in [5.74, 6) is -0.806. The molecule has 0 heterocycles. The molecular weight excluding hydrogens is 362 g/mol. The molecule has 1 amide bonds. The number of esters is 1. The molecule has 7 heteroatoms. The van der Waals surface area contributed by atoms with Crippen LogP contribution >= 0.6 is 23.4 Å². The summed E-state index contributed by atoms with van der Waals surface area (Å²) >= 11 is 7.13. The fourth-order valence-corrected chi connectivity index (χ4v) is 2.85. The van der Waals surface area contributed by atoms with Crippen molar-refractivity contribution in [3.63, 3.8) is 0 Å². The SMILES string of the molecule is COC(=O)CSCC(=O)Nc1ccc(Cl)cc1C(=O)c1ccccc1. The van der Waals surface area contributed by atoms with E-state index in [4.69, 9.17) is 11.6 Å². The highest BCUT2D eigenvalue weighted by Gasteiger charge is 2.16. The number of hydrogen-bond acceptors (Lipinski definition) is 5. The minimum atomic E-state index is -0.399. The number of amides is 1. The van der Waals surface area contributed by atoms with E-state index in [2.05, 4.69) is 10.1 Å². The zero-order valence-corrected chi connectivity index (χ0v) is 15.0. The van der Waals surface area contributed by atoms with Crippen LogP contribution in [0.5, 0.6) is 0 Å². The van der Waals surface area contributed by atoms with Crippen molar-refractivity contribution in [1.82, 2.24) is 0 Å². The maximum Gasteiger partial charge on any atom is 0.315 e. The molecule has 0 unspecified atom stereocenters. The zero-order chi connectivity index (χ0) is 18.2. The summed E-state index contributed by atoms with van der Waals surface area (Å²) in [5.41, 5.74) is 1.19. The Kier molecular flexibility index (Phi) is 7.03. The lowest BCUT2D eigenvalue weighted by Gasteiger charge is -2.11. The van der Waals surface area contributed by atoms with E-state index in [-0.39, 0.29) is 23.2 Å². The fourth-order valence-electron chi connectivity index (χ4n) is 2.03. The smallest absolute Gasteiger partial charge is 0.315 e. The molecule has 0 radical (unpaired) electrons. The van der Waals surface area contributed by atoms with Crippen molar-refractivity contribution in [2.45, 2.75) is 0 Å². The van der Waals surface area contributed by atoms with E-state index < -0.39 is 5.97 Å². The summed E-state index contributed by atoms with van der Waals surface area (Å²) in [5, 5.41) is 3.09. The number of carbonyl (C=O) groups is 3. The Balaban J connectivity index is 2.12. The number of halogens is 1. The van der Waals surface area contributed by atoms with Gasteiger partial charge in [-0.25, -0.2) is 0 Å². The summed E-state index contributed by atoms with van der Waals surface area (Å²) in [6.07, 6.45) is 0. The Morgan fingerprint density at radius 1 is 1.08 bits per heavy atom. The number of hydrogen-bond donors (Lipinski definition) is 1. The van der Waals surface area contributed by atoms with Gasteiger partial charge < -0.3 is 10.1 Å². The molecule has 0 bridgehead atoms. The minimum Gasteiger partial charge on any atom is -0.468 e. The number of anilines is 1. The molecule has 1 N–H and O–H groups in total. The van der Waals surface area contributed by atoms with Gasteiger partial charge in [-0.2, -0.15) is 0 Å². The number of ketones is 1. The standard InChI is InChI=1S/C18H16ClNO4S/c1-24-17(22)11-25-10-16(21)20-15-8-7-13(19)9-14(15)18(23)12-5-3-2-4-6-12/h2-9H,10-11H2,1H3,(H,20,21). The molecule has 2 rings (SSSR count). The van der Waals surface area contributed by atoms with Gasteiger partial charge in [-0.1, -0.05) is 41.9 Å². The first-order valence-corrected chi connectivity index (χ1v) is 8.88. The predicted molar refractivity (Wildman–Crippen MR) is 99.3 cm³/mol. The van der Waals surface area contributed by atoms with Crippen LogP contribution in [0.15, 0.2) is 48.5 Å². The second kappa shape index (κ2) is 9.25. The molecule has 0 saturated heterocycles. The summed E-state index contributed by atoms with van der Waals surface area (Å²) < 4.78 is 4.51. The fraction of sp³-hybridized carbons (Fsp3) is 0.167. The van der Waals surface area contributed by atoms with Gasteiger partial charge in [0.25, 0.3) is 0 Å². The number of rotatable bonds is 7. The number of ether oxygens (including phenoxy) is 1. The van der Waals surface area contributed by atoms with Gasteiger partial charge in [0, 0.05) is 16.1 Å². The van der Waals surface area contributed by atoms with Gasteiger partial charge in [0.05, 0.1) is 24.3 Å². The topological polar surface area (TPSA) is 72.5 Å². The van der Waals surface area contributed by atoms with Crippen LogP contribution in [-0.4, -0.2) is 36.3 Å². The van der Waals surface area contributed by atoms with Crippen LogP contribution in [0.3, 0.4) is 0 Å². The maximum atomic E-state index is 12.7. The van der Waals surface area contributed by atoms with Gasteiger partial charge in [0.2, 0.25) is 5.91 Å². The highest BCUT2D eigenvalue weighted by atomic mass is 35.5. The number of benzene rings is 2. The molecule has 0 fully saturated rings. The van der Waals surface area contributed by atoms with Crippen LogP contribution in [0.4, 0.5) is 5.69 Å². The van der Waals surface area contributed by atoms with E-state index >= 15 is 0 Å². The summed E-state index contributed by atoms with van der Waals surface area (Å²) in [4.78, 5) is 35.8. The molecule has 130 valence electrons. The Morgan fingerprint density at radius 3 is 2.48 bits per heavy atom. The largest absolute Gasteiger partial charge is 0.468 e. The van der Waals surface area contributed by atoms with Crippen LogP contribution in [0, 0.1) is 0 Å². The van der Waals surface area contributed by atoms with E-state index in [0.29, 0.717) is 21.8 Å². The van der Waals surface area contributed by atoms with E-state index in [1.807, 2.05) is 6.07 Å². The van der Waals surface area contributed by atoms with E-state index in [0.717, 1.165) is 11.8 Å². The third-order valence-corrected chi connectivity index (χ3v) is 4.36. The van der Waals surface area contributed by atoms with E-state index in [1.165, 1.54) is 13.2 Å². The highest BCUT2D eigenvalue weighted by molar-refractivity contribution is 8.00. The van der Waals surface area contributed by atoms with Crippen LogP contribution in [0.2, 0.25) is 5.02 Å². The number of nitrogens with one attached hydrogen (secondary N) is 1. The normalized spacial score (nSPS) is 10.2. The molecule has 0 aliphatic rings. The second-order valence-electron chi connectivity index (χ2n) is 5.00. The molecule has 0 atom stereocenters. The van der Waals surface area contributed by atoms with Gasteiger partial charge in [-0.05, 0) is 18.2 Å². The van der Waals surface area contributed by atoms with Gasteiger partial charge >= 0.3 is 5.97 Å². The molecule has 2 aromatic rings. The Hall–Kier alpha value is -2.31. The summed E-state index contributed by atoms with van der Waals surface area (Å²) in [7, 11) is 1.29. The Bertz CT molecular complexity index is 780. The predicted octanol–water partition coefficient (Wildman–Crippen LogP) is 3.42. The van der Waals surface area contributed by atoms with E-state index in [9.17, 15) is 14.4 Å². The monoisotopic (exact) mass is 377 g/mol. The van der Waals surface area contributed by atoms with Crippen LogP contribution in [0.1, 0.15) is 15.9 Å². The average molecular weight is 378 g/mol. The van der Waals surface area contributed by atoms with Crippen LogP contribution in [-0.2, 0) is 14.3 Å². The molecule has 0 aliphatic carbocycles. The third-order valence-electron chi connectivity index (χ3n) is 3.22. The zero-order valence-electron chi connectivity index (χ0n) is 13.5. The first-order valence-electron chi connectivity index (χ1n) is 7.35. The van der Waals surface area contributed by atoms with E-state index in [1.54, 1.807) is 36.4 Å². The number of methoxy groups -OCH3 is 1. The molecule has 25 heavy (non-hydrogen) atoms. The van der Waals surface area contributed by atoms with Crippen molar-refractivity contribution in [2.75, 3.05) is 23.9 Å². The maximum absolute atomic E-state index is 12.7. The molecule has 0 aliphatic heterocycles. The minimum absolute atomic E-state index is 0.0662. The second-order valence-corrected chi connectivity index (χ2v) is 6.42. The first kappa shape index (κ1) is 19.0. The van der Waals surface area contributed by atoms with Gasteiger partial charge in [0.15, 0.2) is 5.78 Å². The number of carbonyl (C=O) groups excluding carboxylic acids is 3. The number of thioether (sulfide) groups is 1. The molecule has 0 spiro atoms. The molecule has 0 saturated carbocycles. The third kappa shape index (κ3) is 5.62. The quantitative estimate of drug-likeness (QED) is 0.591. The molecule has 5 nitrogen and oxygen atoms in total. The molecule has 2 aromatic carbocycles. The van der Waals surface area contributed by atoms with Crippen molar-refractivity contribution in [3.8, 4) is 0 Å². The lowest BCUT2D eigenvalue weighted by molar-refractivity contribution is -0.137. The average Bonchev–Trinajstić information content (AvgIpc) is 2.63. The highest BCUT2D eigenvalue weighted by Crippen LogP contribution is 2.24. The van der Waals surface area contributed by atoms with Crippen molar-refractivity contribution < 1.29 is 19.1 Å². The summed E-state index contributed by atoms with van der Waals surface area (Å²) in [6.45, 7) is 0. The molecule has 0 aromatic heterocycles. The van der Waals surface area contributed by atoms with Gasteiger partial charge in [-0.15, -0.1) is 11.8 Å². The first-order chi connectivity index (χ1) is 12.0. The van der Waals surface area contributed by atoms with Crippen molar-refractivity contribution in [3.05, 3.63) is 64.7 Å². The van der Waals surface area contributed by atoms with Gasteiger partial charge in [0.1, 0.15) is 0 Å². The summed E-state index contributed by atoms with van der Waals surface area (Å²) in [6, 6.07) is 13.4.